The third kappa shape index (κ3) is 11.7. The number of nitrogens with zero attached hydrogens (tertiary/aromatic N) is 3. The Kier molecular flexibility index (Phi) is 14.9. The second-order valence-corrected chi connectivity index (χ2v) is 8.81. The number of aliphatic imine (C=N–C) groups is 1. The minimum atomic E-state index is 0. The molecule has 0 aliphatic carbocycles. The molecule has 0 amide bonds. The van der Waals surface area contributed by atoms with Crippen molar-refractivity contribution in [2.45, 2.75) is 39.8 Å². The first-order chi connectivity index (χ1) is 15.0. The van der Waals surface area contributed by atoms with Gasteiger partial charge in [0.25, 0.3) is 0 Å². The zero-order chi connectivity index (χ0) is 22.5. The third-order valence-corrected chi connectivity index (χ3v) is 5.28. The molecule has 32 heavy (non-hydrogen) atoms. The highest BCUT2D eigenvalue weighted by atomic mass is 127. The van der Waals surface area contributed by atoms with Crippen LogP contribution in [0.25, 0.3) is 0 Å². The summed E-state index contributed by atoms with van der Waals surface area (Å²) in [5.41, 5.74) is 1.14. The summed E-state index contributed by atoms with van der Waals surface area (Å²) in [6.07, 6.45) is 1.17. The monoisotopic (exact) mass is 561 g/mol. The first-order valence-electron chi connectivity index (χ1n) is 11.7. The Morgan fingerprint density at radius 1 is 1.22 bits per heavy atom. The number of halogens is 1. The van der Waals surface area contributed by atoms with E-state index in [1.165, 1.54) is 6.42 Å². The Bertz CT molecular complexity index is 651. The van der Waals surface area contributed by atoms with E-state index < -0.39 is 0 Å². The summed E-state index contributed by atoms with van der Waals surface area (Å²) < 4.78 is 11.4. The molecule has 7 nitrogen and oxygen atoms in total. The first-order valence-corrected chi connectivity index (χ1v) is 11.7. The number of hydrogen-bond acceptors (Lipinski definition) is 5. The maximum atomic E-state index is 5.86. The SMILES string of the molecule is CCNC(=NCc1cccc(OCCN(C)C)c1)NCC(CC(C)C)N1CCOCC1.I. The summed E-state index contributed by atoms with van der Waals surface area (Å²) in [7, 11) is 4.10. The third-order valence-electron chi connectivity index (χ3n) is 5.28. The maximum Gasteiger partial charge on any atom is 0.191 e. The van der Waals surface area contributed by atoms with Crippen molar-refractivity contribution in [3.8, 4) is 5.75 Å². The van der Waals surface area contributed by atoms with Gasteiger partial charge in [-0.05, 0) is 51.1 Å². The number of likely N-dealkylation sites (N-methyl/N-ethyl adjacent to an activating group) is 1. The van der Waals surface area contributed by atoms with Crippen LogP contribution in [0.4, 0.5) is 0 Å². The predicted molar refractivity (Wildman–Crippen MR) is 144 cm³/mol. The predicted octanol–water partition coefficient (Wildman–Crippen LogP) is 3.05. The number of ether oxygens (including phenoxy) is 2. The summed E-state index contributed by atoms with van der Waals surface area (Å²) in [5, 5.41) is 6.96. The van der Waals surface area contributed by atoms with E-state index in [1.54, 1.807) is 0 Å². The van der Waals surface area contributed by atoms with E-state index in [0.717, 1.165) is 63.2 Å². The lowest BCUT2D eigenvalue weighted by molar-refractivity contribution is 0.0132. The van der Waals surface area contributed by atoms with E-state index >= 15 is 0 Å². The van der Waals surface area contributed by atoms with Crippen molar-refractivity contribution in [3.05, 3.63) is 29.8 Å². The maximum absolute atomic E-state index is 5.86. The van der Waals surface area contributed by atoms with Crippen LogP contribution in [0, 0.1) is 5.92 Å². The Hall–Kier alpha value is -1.10. The topological polar surface area (TPSA) is 61.4 Å². The molecule has 0 spiro atoms. The summed E-state index contributed by atoms with van der Waals surface area (Å²) in [5.74, 6) is 2.42. The van der Waals surface area contributed by atoms with Crippen LogP contribution in [0.3, 0.4) is 0 Å². The van der Waals surface area contributed by atoms with Crippen LogP contribution in [0.2, 0.25) is 0 Å². The molecule has 1 unspecified atom stereocenters. The fourth-order valence-corrected chi connectivity index (χ4v) is 3.65. The highest BCUT2D eigenvalue weighted by Crippen LogP contribution is 2.15. The highest BCUT2D eigenvalue weighted by molar-refractivity contribution is 14.0. The molecule has 8 heteroatoms. The molecule has 2 N–H and O–H groups in total. The quantitative estimate of drug-likeness (QED) is 0.233. The van der Waals surface area contributed by atoms with Crippen molar-refractivity contribution in [2.24, 2.45) is 10.9 Å². The van der Waals surface area contributed by atoms with Crippen molar-refractivity contribution < 1.29 is 9.47 Å². The van der Waals surface area contributed by atoms with E-state index in [4.69, 9.17) is 14.5 Å². The van der Waals surface area contributed by atoms with E-state index in [1.807, 2.05) is 12.1 Å². The molecule has 0 saturated carbocycles. The molecule has 2 rings (SSSR count). The molecule has 1 aromatic rings. The van der Waals surface area contributed by atoms with Crippen LogP contribution >= 0.6 is 24.0 Å². The van der Waals surface area contributed by atoms with Crippen molar-refractivity contribution in [3.63, 3.8) is 0 Å². The normalized spacial score (nSPS) is 16.0. The Morgan fingerprint density at radius 2 is 1.97 bits per heavy atom. The van der Waals surface area contributed by atoms with Gasteiger partial charge in [0.05, 0.1) is 19.8 Å². The van der Waals surface area contributed by atoms with Crippen molar-refractivity contribution in [1.82, 2.24) is 20.4 Å². The molecule has 0 bridgehead atoms. The van der Waals surface area contributed by atoms with Gasteiger partial charge < -0.3 is 25.0 Å². The lowest BCUT2D eigenvalue weighted by Crippen LogP contribution is -2.51. The zero-order valence-electron chi connectivity index (χ0n) is 20.6. The molecule has 1 aromatic carbocycles. The Labute approximate surface area is 212 Å². The van der Waals surface area contributed by atoms with Crippen LogP contribution in [-0.2, 0) is 11.3 Å². The summed E-state index contributed by atoms with van der Waals surface area (Å²) >= 11 is 0. The van der Waals surface area contributed by atoms with E-state index in [9.17, 15) is 0 Å². The van der Waals surface area contributed by atoms with Gasteiger partial charge in [0.1, 0.15) is 12.4 Å². The van der Waals surface area contributed by atoms with Gasteiger partial charge in [0, 0.05) is 38.8 Å². The lowest BCUT2D eigenvalue weighted by Gasteiger charge is -2.35. The molecule has 1 heterocycles. The van der Waals surface area contributed by atoms with Crippen LogP contribution in [-0.4, -0.2) is 88.4 Å². The van der Waals surface area contributed by atoms with Gasteiger partial charge in [-0.3, -0.25) is 4.90 Å². The van der Waals surface area contributed by atoms with Gasteiger partial charge in [0.15, 0.2) is 5.96 Å². The Balaban J connectivity index is 0.00000512. The molecule has 1 aliphatic heterocycles. The van der Waals surface area contributed by atoms with Crippen molar-refractivity contribution in [1.29, 1.82) is 0 Å². The number of hydrogen-bond donors (Lipinski definition) is 2. The van der Waals surface area contributed by atoms with Crippen molar-refractivity contribution in [2.75, 3.05) is 66.6 Å². The van der Waals surface area contributed by atoms with E-state index in [0.29, 0.717) is 25.1 Å². The molecule has 1 saturated heterocycles. The number of rotatable bonds is 12. The van der Waals surface area contributed by atoms with Gasteiger partial charge >= 0.3 is 0 Å². The van der Waals surface area contributed by atoms with Crippen LogP contribution in [0.1, 0.15) is 32.8 Å². The highest BCUT2D eigenvalue weighted by Gasteiger charge is 2.22. The molecule has 0 aromatic heterocycles. The summed E-state index contributed by atoms with van der Waals surface area (Å²) in [4.78, 5) is 9.48. The largest absolute Gasteiger partial charge is 0.492 e. The second-order valence-electron chi connectivity index (χ2n) is 8.81. The van der Waals surface area contributed by atoms with Crippen molar-refractivity contribution >= 4 is 29.9 Å². The molecule has 1 atom stereocenters. The first kappa shape index (κ1) is 28.9. The molecule has 0 radical (unpaired) electrons. The van der Waals surface area contributed by atoms with Gasteiger partial charge in [-0.2, -0.15) is 0 Å². The molecule has 184 valence electrons. The minimum Gasteiger partial charge on any atom is -0.492 e. The van der Waals surface area contributed by atoms with Gasteiger partial charge in [-0.25, -0.2) is 4.99 Å². The molecular formula is C24H44IN5O2. The van der Waals surface area contributed by atoms with Gasteiger partial charge in [0.2, 0.25) is 0 Å². The zero-order valence-corrected chi connectivity index (χ0v) is 22.9. The molecule has 1 aliphatic rings. The summed E-state index contributed by atoms with van der Waals surface area (Å²) in [6.45, 7) is 14.3. The number of guanidine groups is 1. The van der Waals surface area contributed by atoms with Gasteiger partial charge in [-0.15, -0.1) is 24.0 Å². The smallest absolute Gasteiger partial charge is 0.191 e. The molecule has 1 fully saturated rings. The molecular weight excluding hydrogens is 517 g/mol. The summed E-state index contributed by atoms with van der Waals surface area (Å²) in [6, 6.07) is 8.71. The standard InChI is InChI=1S/C24H43N5O2.HI/c1-6-25-24(27-19-22(16-20(2)3)29-11-13-30-14-12-29)26-18-21-8-7-9-23(17-21)31-15-10-28(4)5;/h7-9,17,20,22H,6,10-16,18-19H2,1-5H3,(H2,25,26,27);1H. The number of benzene rings is 1. The number of nitrogens with one attached hydrogen (secondary N) is 2. The van der Waals surface area contributed by atoms with E-state index in [2.05, 4.69) is 67.4 Å². The van der Waals surface area contributed by atoms with Crippen LogP contribution < -0.4 is 15.4 Å². The van der Waals surface area contributed by atoms with Crippen LogP contribution in [0.5, 0.6) is 5.75 Å². The van der Waals surface area contributed by atoms with Gasteiger partial charge in [-0.1, -0.05) is 26.0 Å². The number of morpholine rings is 1. The average Bonchev–Trinajstić information content (AvgIpc) is 2.75. The Morgan fingerprint density at radius 3 is 2.62 bits per heavy atom. The minimum absolute atomic E-state index is 0. The lowest BCUT2D eigenvalue weighted by atomic mass is 10.0. The fraction of sp³-hybridized carbons (Fsp3) is 0.708. The second kappa shape index (κ2) is 16.5. The van der Waals surface area contributed by atoms with E-state index in [-0.39, 0.29) is 24.0 Å². The average molecular weight is 562 g/mol. The fourth-order valence-electron chi connectivity index (χ4n) is 3.65. The van der Waals surface area contributed by atoms with Crippen LogP contribution in [0.15, 0.2) is 29.3 Å².